The minimum Gasteiger partial charge on any atom is -0.480 e. The minimum absolute atomic E-state index is 0.489. The third-order valence-corrected chi connectivity index (χ3v) is 1.96. The fourth-order valence-electron chi connectivity index (χ4n) is 1.14. The van der Waals surface area contributed by atoms with Crippen molar-refractivity contribution in [3.8, 4) is 0 Å². The lowest BCUT2D eigenvalue weighted by Gasteiger charge is -2.11. The topological polar surface area (TPSA) is 62.2 Å². The van der Waals surface area contributed by atoms with Crippen LogP contribution in [0, 0.1) is 0 Å². The summed E-state index contributed by atoms with van der Waals surface area (Å²) in [5.74, 6) is -0.816. The van der Waals surface area contributed by atoms with Crippen LogP contribution in [0.2, 0.25) is 0 Å². The molecule has 0 aliphatic carbocycles. The molecule has 14 heavy (non-hydrogen) atoms. The average molecular weight is 194 g/mol. The van der Waals surface area contributed by atoms with Crippen LogP contribution in [0.4, 0.5) is 0 Å². The summed E-state index contributed by atoms with van der Waals surface area (Å²) in [6.07, 6.45) is 2.26. The summed E-state index contributed by atoms with van der Waals surface area (Å²) in [6, 6.07) is 5.09. The second-order valence-electron chi connectivity index (χ2n) is 3.00. The van der Waals surface area contributed by atoms with Crippen molar-refractivity contribution >= 4 is 5.97 Å². The normalized spacial score (nSPS) is 12.4. The monoisotopic (exact) mass is 194 g/mol. The van der Waals surface area contributed by atoms with Crippen LogP contribution in [0.3, 0.4) is 0 Å². The summed E-state index contributed by atoms with van der Waals surface area (Å²) in [5, 5.41) is 11.7. The van der Waals surface area contributed by atoms with Gasteiger partial charge < -0.3 is 5.11 Å². The largest absolute Gasteiger partial charge is 0.480 e. The molecular weight excluding hydrogens is 180 g/mol. The molecule has 0 amide bonds. The molecule has 0 saturated carbocycles. The maximum atomic E-state index is 10.7. The summed E-state index contributed by atoms with van der Waals surface area (Å²) in [4.78, 5) is 14.8. The molecule has 0 spiro atoms. The number of carbonyl (C=O) groups is 1. The molecule has 0 aromatic carbocycles. The Hall–Kier alpha value is -1.42. The van der Waals surface area contributed by atoms with Gasteiger partial charge in [-0.2, -0.15) is 0 Å². The molecule has 4 heteroatoms. The first-order chi connectivity index (χ1) is 6.74. The van der Waals surface area contributed by atoms with Crippen LogP contribution in [0.15, 0.2) is 24.4 Å². The second kappa shape index (κ2) is 5.34. The van der Waals surface area contributed by atoms with Crippen molar-refractivity contribution in [2.75, 3.05) is 0 Å². The number of carboxylic acid groups (broad SMARTS) is 1. The number of nitrogens with one attached hydrogen (secondary N) is 1. The highest BCUT2D eigenvalue weighted by molar-refractivity contribution is 5.73. The first kappa shape index (κ1) is 10.7. The molecule has 0 radical (unpaired) electrons. The molecule has 76 valence electrons. The number of hydrogen-bond acceptors (Lipinski definition) is 3. The summed E-state index contributed by atoms with van der Waals surface area (Å²) in [7, 11) is 0. The smallest absolute Gasteiger partial charge is 0.320 e. The predicted octanol–water partition coefficient (Wildman–Crippen LogP) is 1.03. The molecule has 0 fully saturated rings. The van der Waals surface area contributed by atoms with Gasteiger partial charge in [-0.3, -0.25) is 15.1 Å². The van der Waals surface area contributed by atoms with Crippen molar-refractivity contribution in [1.29, 1.82) is 0 Å². The Morgan fingerprint density at radius 2 is 2.43 bits per heavy atom. The van der Waals surface area contributed by atoms with Gasteiger partial charge in [0, 0.05) is 12.7 Å². The highest BCUT2D eigenvalue weighted by atomic mass is 16.4. The Morgan fingerprint density at radius 1 is 1.64 bits per heavy atom. The van der Waals surface area contributed by atoms with Gasteiger partial charge in [-0.25, -0.2) is 0 Å². The van der Waals surface area contributed by atoms with E-state index in [2.05, 4.69) is 10.3 Å². The van der Waals surface area contributed by atoms with Crippen molar-refractivity contribution in [3.05, 3.63) is 30.1 Å². The van der Waals surface area contributed by atoms with Gasteiger partial charge in [0.05, 0.1) is 5.69 Å². The molecule has 0 bridgehead atoms. The number of aliphatic carboxylic acids is 1. The van der Waals surface area contributed by atoms with Crippen molar-refractivity contribution < 1.29 is 9.90 Å². The van der Waals surface area contributed by atoms with Crippen molar-refractivity contribution in [2.45, 2.75) is 25.9 Å². The number of rotatable bonds is 5. The number of nitrogens with zero attached hydrogens (tertiary/aromatic N) is 1. The van der Waals surface area contributed by atoms with Gasteiger partial charge >= 0.3 is 5.97 Å². The van der Waals surface area contributed by atoms with E-state index in [4.69, 9.17) is 5.11 Å². The number of hydrogen-bond donors (Lipinski definition) is 2. The Kier molecular flexibility index (Phi) is 4.07. The fourth-order valence-corrected chi connectivity index (χ4v) is 1.14. The van der Waals surface area contributed by atoms with Crippen molar-refractivity contribution in [2.24, 2.45) is 0 Å². The standard InChI is InChI=1S/C10H14N2O2/c1-2-9(10(13)14)12-7-8-5-3-4-6-11-8/h3-6,9,12H,2,7H2,1H3,(H,13,14). The molecule has 1 aromatic heterocycles. The SMILES string of the molecule is CCC(NCc1ccccn1)C(=O)O. The zero-order valence-electron chi connectivity index (χ0n) is 8.10. The summed E-state index contributed by atoms with van der Waals surface area (Å²) in [5.41, 5.74) is 0.854. The molecule has 2 N–H and O–H groups in total. The van der Waals surface area contributed by atoms with E-state index in [9.17, 15) is 4.79 Å². The van der Waals surface area contributed by atoms with E-state index >= 15 is 0 Å². The third kappa shape index (κ3) is 3.14. The molecule has 0 aliphatic heterocycles. The average Bonchev–Trinajstić information content (AvgIpc) is 2.20. The van der Waals surface area contributed by atoms with Crippen molar-refractivity contribution in [3.63, 3.8) is 0 Å². The molecule has 0 saturated heterocycles. The molecular formula is C10H14N2O2. The van der Waals surface area contributed by atoms with Gasteiger partial charge in [0.1, 0.15) is 6.04 Å². The van der Waals surface area contributed by atoms with E-state index in [1.165, 1.54) is 0 Å². The van der Waals surface area contributed by atoms with E-state index in [1.54, 1.807) is 6.20 Å². The van der Waals surface area contributed by atoms with E-state index in [-0.39, 0.29) is 0 Å². The summed E-state index contributed by atoms with van der Waals surface area (Å²) >= 11 is 0. The molecule has 1 rings (SSSR count). The highest BCUT2D eigenvalue weighted by Gasteiger charge is 2.13. The summed E-state index contributed by atoms with van der Waals surface area (Å²) < 4.78 is 0. The first-order valence-electron chi connectivity index (χ1n) is 4.60. The third-order valence-electron chi connectivity index (χ3n) is 1.96. The van der Waals surface area contributed by atoms with Crippen LogP contribution in [-0.2, 0) is 11.3 Å². The van der Waals surface area contributed by atoms with Crippen LogP contribution in [0.5, 0.6) is 0 Å². The van der Waals surface area contributed by atoms with Crippen LogP contribution < -0.4 is 5.32 Å². The maximum absolute atomic E-state index is 10.7. The zero-order valence-corrected chi connectivity index (χ0v) is 8.10. The van der Waals surface area contributed by atoms with Crippen LogP contribution >= 0.6 is 0 Å². The lowest BCUT2D eigenvalue weighted by Crippen LogP contribution is -2.35. The Morgan fingerprint density at radius 3 is 2.93 bits per heavy atom. The molecule has 4 nitrogen and oxygen atoms in total. The van der Waals surface area contributed by atoms with Gasteiger partial charge in [-0.1, -0.05) is 13.0 Å². The maximum Gasteiger partial charge on any atom is 0.320 e. The minimum atomic E-state index is -0.816. The number of carboxylic acids is 1. The molecule has 1 heterocycles. The van der Waals surface area contributed by atoms with Gasteiger partial charge in [-0.05, 0) is 18.6 Å². The van der Waals surface area contributed by atoms with E-state index in [0.29, 0.717) is 13.0 Å². The Balaban J connectivity index is 2.44. The molecule has 1 atom stereocenters. The number of pyridine rings is 1. The molecule has 0 aliphatic rings. The number of aromatic nitrogens is 1. The molecule has 1 aromatic rings. The summed E-state index contributed by atoms with van der Waals surface area (Å²) in [6.45, 7) is 2.33. The van der Waals surface area contributed by atoms with Gasteiger partial charge in [0.25, 0.3) is 0 Å². The van der Waals surface area contributed by atoms with Crippen LogP contribution in [0.1, 0.15) is 19.0 Å². The lowest BCUT2D eigenvalue weighted by atomic mass is 10.2. The zero-order chi connectivity index (χ0) is 10.4. The van der Waals surface area contributed by atoms with E-state index in [0.717, 1.165) is 5.69 Å². The quantitative estimate of drug-likeness (QED) is 0.735. The van der Waals surface area contributed by atoms with E-state index in [1.807, 2.05) is 25.1 Å². The van der Waals surface area contributed by atoms with Gasteiger partial charge in [-0.15, -0.1) is 0 Å². The second-order valence-corrected chi connectivity index (χ2v) is 3.00. The van der Waals surface area contributed by atoms with Crippen LogP contribution in [0.25, 0.3) is 0 Å². The van der Waals surface area contributed by atoms with Gasteiger partial charge in [0.15, 0.2) is 0 Å². The van der Waals surface area contributed by atoms with Crippen molar-refractivity contribution in [1.82, 2.24) is 10.3 Å². The van der Waals surface area contributed by atoms with Gasteiger partial charge in [0.2, 0.25) is 0 Å². The first-order valence-corrected chi connectivity index (χ1v) is 4.60. The molecule has 1 unspecified atom stereocenters. The van der Waals surface area contributed by atoms with Crippen LogP contribution in [-0.4, -0.2) is 22.1 Å². The fraction of sp³-hybridized carbons (Fsp3) is 0.400. The Labute approximate surface area is 83.0 Å². The lowest BCUT2D eigenvalue weighted by molar-refractivity contribution is -0.139. The highest BCUT2D eigenvalue weighted by Crippen LogP contribution is 1.96. The Bertz CT molecular complexity index is 287. The van der Waals surface area contributed by atoms with E-state index < -0.39 is 12.0 Å². The predicted molar refractivity (Wildman–Crippen MR) is 52.8 cm³/mol.